The summed E-state index contributed by atoms with van der Waals surface area (Å²) >= 11 is 0. The molecule has 0 atom stereocenters. The lowest BCUT2D eigenvalue weighted by atomic mass is 10.0. The zero-order valence-electron chi connectivity index (χ0n) is 25.5. The Labute approximate surface area is 229 Å². The van der Waals surface area contributed by atoms with Gasteiger partial charge in [0.2, 0.25) is 0 Å². The fraction of sp³-hybridized carbons (Fsp3) is 0.971. The van der Waals surface area contributed by atoms with E-state index in [1.54, 1.807) is 6.92 Å². The molecule has 0 N–H and O–H groups in total. The van der Waals surface area contributed by atoms with E-state index in [-0.39, 0.29) is 0 Å². The molecular weight excluding hydrogens is 436 g/mol. The largest absolute Gasteiger partial charge is 0.300 e. The average molecular weight is 507 g/mol. The molecule has 0 amide bonds. The van der Waals surface area contributed by atoms with Crippen molar-refractivity contribution in [1.29, 1.82) is 0 Å². The zero-order chi connectivity index (χ0) is 26.2. The summed E-state index contributed by atoms with van der Waals surface area (Å²) in [5.41, 5.74) is 0. The Balaban J connectivity index is 3.02. The Morgan fingerprint density at radius 3 is 0.639 bits per heavy atom. The molecule has 0 aliphatic rings. The molecule has 0 radical (unpaired) electrons. The maximum absolute atomic E-state index is 10.9. The van der Waals surface area contributed by atoms with Crippen molar-refractivity contribution in [2.75, 3.05) is 0 Å². The highest BCUT2D eigenvalue weighted by molar-refractivity contribution is 5.75. The molecule has 1 nitrogen and oxygen atoms in total. The number of ketones is 1. The summed E-state index contributed by atoms with van der Waals surface area (Å²) in [4.78, 5) is 10.9. The lowest BCUT2D eigenvalue weighted by Gasteiger charge is -2.04. The number of hydrogen-bond acceptors (Lipinski definition) is 1. The molecule has 0 aromatic rings. The van der Waals surface area contributed by atoms with Crippen LogP contribution in [-0.2, 0) is 4.79 Å². The third kappa shape index (κ3) is 33.7. The monoisotopic (exact) mass is 507 g/mol. The van der Waals surface area contributed by atoms with E-state index in [0.717, 1.165) is 12.8 Å². The van der Waals surface area contributed by atoms with Crippen LogP contribution in [0.5, 0.6) is 0 Å². The van der Waals surface area contributed by atoms with Crippen LogP contribution >= 0.6 is 0 Å². The molecule has 0 unspecified atom stereocenters. The van der Waals surface area contributed by atoms with E-state index in [4.69, 9.17) is 0 Å². The highest BCUT2D eigenvalue weighted by Gasteiger charge is 1.97. The van der Waals surface area contributed by atoms with Crippen LogP contribution in [0.3, 0.4) is 0 Å². The Bertz CT molecular complexity index is 401. The normalized spacial score (nSPS) is 11.4. The molecule has 216 valence electrons. The summed E-state index contributed by atoms with van der Waals surface area (Å²) in [7, 11) is 0. The Kier molecular flexibility index (Phi) is 32.4. The molecule has 0 aliphatic carbocycles. The van der Waals surface area contributed by atoms with Gasteiger partial charge in [-0.1, -0.05) is 200 Å². The van der Waals surface area contributed by atoms with E-state index >= 15 is 0 Å². The minimum atomic E-state index is 0.352. The van der Waals surface area contributed by atoms with E-state index in [1.165, 1.54) is 193 Å². The van der Waals surface area contributed by atoms with E-state index in [2.05, 4.69) is 6.92 Å². The SMILES string of the molecule is CCCCCCCCCCCCCCCCCCCCCCCCCCCCCCCCCC(C)=O. The van der Waals surface area contributed by atoms with Crippen molar-refractivity contribution in [1.82, 2.24) is 0 Å². The number of hydrogen-bond donors (Lipinski definition) is 0. The summed E-state index contributed by atoms with van der Waals surface area (Å²) in [6, 6.07) is 0. The molecule has 36 heavy (non-hydrogen) atoms. The van der Waals surface area contributed by atoms with Crippen LogP contribution in [0.1, 0.15) is 219 Å². The predicted molar refractivity (Wildman–Crippen MR) is 164 cm³/mol. The highest BCUT2D eigenvalue weighted by Crippen LogP contribution is 2.16. The minimum Gasteiger partial charge on any atom is -0.300 e. The summed E-state index contributed by atoms with van der Waals surface area (Å²) in [6.07, 6.45) is 45.4. The second-order valence-electron chi connectivity index (χ2n) is 12.1. The van der Waals surface area contributed by atoms with Crippen molar-refractivity contribution in [2.45, 2.75) is 219 Å². The van der Waals surface area contributed by atoms with Crippen molar-refractivity contribution in [3.8, 4) is 0 Å². The average Bonchev–Trinajstić information content (AvgIpc) is 2.87. The number of Topliss-reactive ketones (excluding diaryl/α,β-unsaturated/α-hetero) is 1. The van der Waals surface area contributed by atoms with Gasteiger partial charge in [0.1, 0.15) is 5.78 Å². The summed E-state index contributed by atoms with van der Waals surface area (Å²) < 4.78 is 0. The standard InChI is InChI=1S/C35H70O/c1-3-4-5-6-7-8-9-10-11-12-13-14-15-16-17-18-19-20-21-22-23-24-25-26-27-28-29-30-31-32-33-34-35(2)36/h3-34H2,1-2H3. The molecule has 0 aromatic carbocycles. The molecule has 0 aromatic heterocycles. The van der Waals surface area contributed by atoms with Gasteiger partial charge >= 0.3 is 0 Å². The van der Waals surface area contributed by atoms with E-state index < -0.39 is 0 Å². The second-order valence-corrected chi connectivity index (χ2v) is 12.1. The highest BCUT2D eigenvalue weighted by atomic mass is 16.1. The van der Waals surface area contributed by atoms with Crippen LogP contribution in [0.2, 0.25) is 0 Å². The van der Waals surface area contributed by atoms with Gasteiger partial charge in [-0.25, -0.2) is 0 Å². The fourth-order valence-corrected chi connectivity index (χ4v) is 5.57. The van der Waals surface area contributed by atoms with Crippen molar-refractivity contribution in [3.05, 3.63) is 0 Å². The third-order valence-electron chi connectivity index (χ3n) is 8.13. The molecule has 0 saturated carbocycles. The van der Waals surface area contributed by atoms with Crippen LogP contribution in [0.25, 0.3) is 0 Å². The number of carbonyl (C=O) groups excluding carboxylic acids is 1. The smallest absolute Gasteiger partial charge is 0.129 e. The molecule has 0 heterocycles. The van der Waals surface area contributed by atoms with Crippen LogP contribution in [-0.4, -0.2) is 5.78 Å². The van der Waals surface area contributed by atoms with Crippen molar-refractivity contribution >= 4 is 5.78 Å². The maximum Gasteiger partial charge on any atom is 0.129 e. The maximum atomic E-state index is 10.9. The molecule has 0 fully saturated rings. The predicted octanol–water partition coefficient (Wildman–Crippen LogP) is 13.1. The van der Waals surface area contributed by atoms with Gasteiger partial charge in [0.05, 0.1) is 0 Å². The zero-order valence-corrected chi connectivity index (χ0v) is 25.5. The summed E-state index contributed by atoms with van der Waals surface area (Å²) in [5.74, 6) is 0.352. The summed E-state index contributed by atoms with van der Waals surface area (Å²) in [5, 5.41) is 0. The first-order valence-corrected chi connectivity index (χ1v) is 17.3. The minimum absolute atomic E-state index is 0.352. The number of rotatable bonds is 32. The molecule has 0 aliphatic heterocycles. The topological polar surface area (TPSA) is 17.1 Å². The van der Waals surface area contributed by atoms with Gasteiger partial charge in [-0.3, -0.25) is 0 Å². The second kappa shape index (κ2) is 32.7. The van der Waals surface area contributed by atoms with Crippen molar-refractivity contribution in [3.63, 3.8) is 0 Å². The van der Waals surface area contributed by atoms with Gasteiger partial charge in [-0.15, -0.1) is 0 Å². The fourth-order valence-electron chi connectivity index (χ4n) is 5.57. The molecule has 0 bridgehead atoms. The van der Waals surface area contributed by atoms with Crippen molar-refractivity contribution in [2.24, 2.45) is 0 Å². The molecule has 0 spiro atoms. The van der Waals surface area contributed by atoms with Gasteiger partial charge < -0.3 is 4.79 Å². The molecule has 1 heteroatoms. The van der Waals surface area contributed by atoms with Gasteiger partial charge in [0, 0.05) is 6.42 Å². The van der Waals surface area contributed by atoms with Gasteiger partial charge in [-0.2, -0.15) is 0 Å². The lowest BCUT2D eigenvalue weighted by molar-refractivity contribution is -0.117. The molecule has 0 rings (SSSR count). The number of unbranched alkanes of at least 4 members (excludes halogenated alkanes) is 30. The van der Waals surface area contributed by atoms with Crippen LogP contribution in [0.15, 0.2) is 0 Å². The van der Waals surface area contributed by atoms with E-state index in [1.807, 2.05) is 0 Å². The van der Waals surface area contributed by atoms with Crippen LogP contribution in [0.4, 0.5) is 0 Å². The van der Waals surface area contributed by atoms with E-state index in [9.17, 15) is 4.79 Å². The first-order chi connectivity index (χ1) is 17.8. The van der Waals surface area contributed by atoms with Crippen LogP contribution in [0, 0.1) is 0 Å². The Morgan fingerprint density at radius 2 is 0.472 bits per heavy atom. The third-order valence-corrected chi connectivity index (χ3v) is 8.13. The Hall–Kier alpha value is -0.330. The summed E-state index contributed by atoms with van der Waals surface area (Å²) in [6.45, 7) is 4.01. The van der Waals surface area contributed by atoms with Gasteiger partial charge in [0.25, 0.3) is 0 Å². The lowest BCUT2D eigenvalue weighted by Crippen LogP contribution is -1.89. The van der Waals surface area contributed by atoms with Crippen LogP contribution < -0.4 is 0 Å². The molecular formula is C35H70O. The number of carbonyl (C=O) groups is 1. The molecule has 0 saturated heterocycles. The van der Waals surface area contributed by atoms with Gasteiger partial charge in [0.15, 0.2) is 0 Å². The first-order valence-electron chi connectivity index (χ1n) is 17.3. The van der Waals surface area contributed by atoms with E-state index in [0.29, 0.717) is 5.78 Å². The first kappa shape index (κ1) is 35.7. The van der Waals surface area contributed by atoms with Crippen molar-refractivity contribution < 1.29 is 4.79 Å². The van der Waals surface area contributed by atoms with Gasteiger partial charge in [-0.05, 0) is 13.3 Å². The quantitative estimate of drug-likeness (QED) is 0.0829. The Morgan fingerprint density at radius 1 is 0.306 bits per heavy atom.